The van der Waals surface area contributed by atoms with E-state index in [-0.39, 0.29) is 30.9 Å². The van der Waals surface area contributed by atoms with E-state index in [1.807, 2.05) is 0 Å². The predicted octanol–water partition coefficient (Wildman–Crippen LogP) is 2.03. The van der Waals surface area contributed by atoms with Crippen LogP contribution in [0.2, 0.25) is 0 Å². The number of aromatic nitrogens is 2. The monoisotopic (exact) mass is 307 g/mol. The average molecular weight is 307 g/mol. The van der Waals surface area contributed by atoms with Crippen LogP contribution < -0.4 is 5.73 Å². The van der Waals surface area contributed by atoms with E-state index >= 15 is 0 Å². The van der Waals surface area contributed by atoms with Crippen LogP contribution in [0.15, 0.2) is 4.42 Å². The first kappa shape index (κ1) is 14.7. The van der Waals surface area contributed by atoms with Crippen molar-refractivity contribution >= 4 is 0 Å². The lowest BCUT2D eigenvalue weighted by atomic mass is 9.82. The van der Waals surface area contributed by atoms with Gasteiger partial charge >= 0.3 is 6.36 Å². The Morgan fingerprint density at radius 1 is 1.14 bits per heavy atom. The van der Waals surface area contributed by atoms with Gasteiger partial charge in [-0.3, -0.25) is 4.74 Å². The lowest BCUT2D eigenvalue weighted by molar-refractivity contribution is -0.352. The molecule has 6 nitrogen and oxygen atoms in total. The molecule has 2 N–H and O–H groups in total. The molecule has 9 heteroatoms. The molecule has 0 radical (unpaired) electrons. The number of halogens is 3. The third-order valence-corrected chi connectivity index (χ3v) is 3.79. The van der Waals surface area contributed by atoms with Crippen molar-refractivity contribution in [3.63, 3.8) is 0 Å². The van der Waals surface area contributed by atoms with Gasteiger partial charge in [-0.1, -0.05) is 0 Å². The van der Waals surface area contributed by atoms with E-state index in [1.54, 1.807) is 0 Å². The molecule has 0 bridgehead atoms. The Labute approximate surface area is 118 Å². The summed E-state index contributed by atoms with van der Waals surface area (Å²) in [6.07, 6.45) is -3.71. The van der Waals surface area contributed by atoms with Gasteiger partial charge in [0.05, 0.1) is 12.7 Å². The Bertz CT molecular complexity index is 480. The number of hydrogen-bond acceptors (Lipinski definition) is 6. The Balaban J connectivity index is 1.52. The van der Waals surface area contributed by atoms with Gasteiger partial charge in [0.15, 0.2) is 0 Å². The molecule has 3 rings (SSSR count). The first-order chi connectivity index (χ1) is 9.90. The zero-order chi connectivity index (χ0) is 15.0. The smallest absolute Gasteiger partial charge is 0.422 e. The fraction of sp³-hybridized carbons (Fsp3) is 0.833. The fourth-order valence-corrected chi connectivity index (χ4v) is 2.56. The molecular weight excluding hydrogens is 291 g/mol. The summed E-state index contributed by atoms with van der Waals surface area (Å²) in [5, 5.41) is 7.82. The van der Waals surface area contributed by atoms with Crippen LogP contribution in [0.25, 0.3) is 0 Å². The summed E-state index contributed by atoms with van der Waals surface area (Å²) in [5.74, 6) is 0.548. The summed E-state index contributed by atoms with van der Waals surface area (Å²) in [6, 6.07) is 0.0237. The summed E-state index contributed by atoms with van der Waals surface area (Å²) in [5.41, 5.74) is 5.73. The van der Waals surface area contributed by atoms with Gasteiger partial charge in [0.25, 0.3) is 0 Å². The lowest BCUT2D eigenvalue weighted by Crippen LogP contribution is -2.34. The minimum absolute atomic E-state index is 0.0237. The SMILES string of the molecule is NC1CCC(c2nnc(C3CC(OC(F)(F)F)C3)o2)OC1. The highest BCUT2D eigenvalue weighted by molar-refractivity contribution is 5.02. The highest BCUT2D eigenvalue weighted by Gasteiger charge is 2.42. The molecule has 0 spiro atoms. The number of nitrogens with zero attached hydrogens (tertiary/aromatic N) is 2. The van der Waals surface area contributed by atoms with Gasteiger partial charge in [-0.15, -0.1) is 23.4 Å². The van der Waals surface area contributed by atoms with E-state index in [2.05, 4.69) is 14.9 Å². The van der Waals surface area contributed by atoms with Crippen LogP contribution >= 0.6 is 0 Å². The minimum Gasteiger partial charge on any atom is -0.422 e. The van der Waals surface area contributed by atoms with Crippen molar-refractivity contribution in [2.45, 2.75) is 56.2 Å². The molecule has 1 aliphatic heterocycles. The molecule has 1 aliphatic carbocycles. The molecule has 118 valence electrons. The van der Waals surface area contributed by atoms with E-state index in [0.29, 0.717) is 24.8 Å². The molecule has 1 saturated heterocycles. The Morgan fingerprint density at radius 2 is 1.86 bits per heavy atom. The summed E-state index contributed by atoms with van der Waals surface area (Å²) >= 11 is 0. The van der Waals surface area contributed by atoms with Crippen molar-refractivity contribution in [3.05, 3.63) is 11.8 Å². The number of alkyl halides is 3. The number of nitrogens with two attached hydrogens (primary N) is 1. The van der Waals surface area contributed by atoms with Crippen molar-refractivity contribution in [2.24, 2.45) is 5.73 Å². The molecule has 21 heavy (non-hydrogen) atoms. The molecule has 2 unspecified atom stereocenters. The van der Waals surface area contributed by atoms with Crippen LogP contribution in [0.3, 0.4) is 0 Å². The van der Waals surface area contributed by atoms with Gasteiger partial charge in [0.1, 0.15) is 6.10 Å². The average Bonchev–Trinajstić information content (AvgIpc) is 2.82. The second-order valence-corrected chi connectivity index (χ2v) is 5.49. The quantitative estimate of drug-likeness (QED) is 0.920. The predicted molar refractivity (Wildman–Crippen MR) is 63.1 cm³/mol. The normalized spacial score (nSPS) is 33.7. The molecule has 2 heterocycles. The molecule has 0 aromatic carbocycles. The van der Waals surface area contributed by atoms with Crippen LogP contribution in [0.1, 0.15) is 49.5 Å². The standard InChI is InChI=1S/C12H16F3N3O3/c13-12(14,15)21-8-3-6(4-8)10-17-18-11(20-10)9-2-1-7(16)5-19-9/h6-9H,1-5,16H2. The molecule has 2 fully saturated rings. The van der Waals surface area contributed by atoms with Crippen LogP contribution in [-0.4, -0.2) is 35.3 Å². The van der Waals surface area contributed by atoms with Gasteiger partial charge in [-0.05, 0) is 25.7 Å². The van der Waals surface area contributed by atoms with Crippen LogP contribution in [0.5, 0.6) is 0 Å². The maximum atomic E-state index is 12.0. The fourth-order valence-electron chi connectivity index (χ4n) is 2.56. The third-order valence-electron chi connectivity index (χ3n) is 3.79. The first-order valence-corrected chi connectivity index (χ1v) is 6.86. The second kappa shape index (κ2) is 5.54. The molecular formula is C12H16F3N3O3. The van der Waals surface area contributed by atoms with Crippen LogP contribution in [0, 0.1) is 0 Å². The topological polar surface area (TPSA) is 83.4 Å². The molecule has 1 saturated carbocycles. The largest absolute Gasteiger partial charge is 0.522 e. The zero-order valence-electron chi connectivity index (χ0n) is 11.2. The number of ether oxygens (including phenoxy) is 2. The molecule has 1 aromatic heterocycles. The summed E-state index contributed by atoms with van der Waals surface area (Å²) in [6.45, 7) is 0.438. The Kier molecular flexibility index (Phi) is 3.89. The highest BCUT2D eigenvalue weighted by Crippen LogP contribution is 2.41. The van der Waals surface area contributed by atoms with E-state index in [0.717, 1.165) is 6.42 Å². The third kappa shape index (κ3) is 3.53. The highest BCUT2D eigenvalue weighted by atomic mass is 19.4. The number of hydrogen-bond donors (Lipinski definition) is 1. The van der Waals surface area contributed by atoms with Crippen molar-refractivity contribution in [1.29, 1.82) is 0 Å². The summed E-state index contributed by atoms with van der Waals surface area (Å²) < 4.78 is 51.1. The number of rotatable bonds is 3. The van der Waals surface area contributed by atoms with Crippen molar-refractivity contribution < 1.29 is 27.1 Å². The van der Waals surface area contributed by atoms with Gasteiger partial charge < -0.3 is 14.9 Å². The Hall–Kier alpha value is -1.19. The maximum absolute atomic E-state index is 12.0. The van der Waals surface area contributed by atoms with E-state index < -0.39 is 12.5 Å². The summed E-state index contributed by atoms with van der Waals surface area (Å²) in [7, 11) is 0. The molecule has 2 aliphatic rings. The van der Waals surface area contributed by atoms with Crippen molar-refractivity contribution in [1.82, 2.24) is 10.2 Å². The molecule has 2 atom stereocenters. The van der Waals surface area contributed by atoms with Gasteiger partial charge in [-0.2, -0.15) is 0 Å². The zero-order valence-corrected chi connectivity index (χ0v) is 11.2. The van der Waals surface area contributed by atoms with Crippen LogP contribution in [0.4, 0.5) is 13.2 Å². The van der Waals surface area contributed by atoms with E-state index in [1.165, 1.54) is 0 Å². The minimum atomic E-state index is -4.59. The first-order valence-electron chi connectivity index (χ1n) is 6.86. The van der Waals surface area contributed by atoms with Gasteiger partial charge in [0.2, 0.25) is 11.8 Å². The molecule has 0 amide bonds. The second-order valence-electron chi connectivity index (χ2n) is 5.49. The van der Waals surface area contributed by atoms with Crippen molar-refractivity contribution in [2.75, 3.05) is 6.61 Å². The van der Waals surface area contributed by atoms with Crippen molar-refractivity contribution in [3.8, 4) is 0 Å². The molecule has 1 aromatic rings. The van der Waals surface area contributed by atoms with Crippen LogP contribution in [-0.2, 0) is 9.47 Å². The van der Waals surface area contributed by atoms with Gasteiger partial charge in [0, 0.05) is 12.0 Å². The van der Waals surface area contributed by atoms with E-state index in [9.17, 15) is 13.2 Å². The maximum Gasteiger partial charge on any atom is 0.522 e. The van der Waals surface area contributed by atoms with E-state index in [4.69, 9.17) is 14.9 Å². The lowest BCUT2D eigenvalue weighted by Gasteiger charge is -2.32. The Morgan fingerprint density at radius 3 is 2.48 bits per heavy atom. The summed E-state index contributed by atoms with van der Waals surface area (Å²) in [4.78, 5) is 0. The van der Waals surface area contributed by atoms with Gasteiger partial charge in [-0.25, -0.2) is 0 Å².